The number of hydrogen-bond acceptors (Lipinski definition) is 2. The Balaban J connectivity index is 2.21. The third-order valence-corrected chi connectivity index (χ3v) is 4.02. The van der Waals surface area contributed by atoms with Crippen LogP contribution in [0, 0.1) is 12.7 Å². The average molecular weight is 377 g/mol. The number of carbonyl (C=O) groups excluding carboxylic acids is 1. The van der Waals surface area contributed by atoms with Gasteiger partial charge in [-0.2, -0.15) is 18.3 Å². The van der Waals surface area contributed by atoms with E-state index in [9.17, 15) is 22.4 Å². The average Bonchev–Trinajstić information content (AvgIpc) is 2.99. The van der Waals surface area contributed by atoms with E-state index in [0.29, 0.717) is 11.1 Å². The predicted octanol–water partition coefficient (Wildman–Crippen LogP) is 4.85. The first kappa shape index (κ1) is 18.6. The second-order valence-corrected chi connectivity index (χ2v) is 6.04. The van der Waals surface area contributed by atoms with Gasteiger partial charge in [-0.3, -0.25) is 14.4 Å². The Morgan fingerprint density at radius 1 is 1.07 bits per heavy atom. The molecule has 0 spiro atoms. The number of aromatic nitrogens is 2. The number of nitrogens with zero attached hydrogens (tertiary/aromatic N) is 3. The van der Waals surface area contributed by atoms with Crippen molar-refractivity contribution in [1.82, 2.24) is 9.78 Å². The molecule has 4 nitrogen and oxygen atoms in total. The molecule has 0 atom stereocenters. The Kier molecular flexibility index (Phi) is 4.73. The number of carbonyl (C=O) groups is 1. The predicted molar refractivity (Wildman–Crippen MR) is 93.0 cm³/mol. The van der Waals surface area contributed by atoms with Gasteiger partial charge in [-0.25, -0.2) is 4.39 Å². The third kappa shape index (κ3) is 3.69. The molecule has 1 aromatic heterocycles. The number of amides is 1. The van der Waals surface area contributed by atoms with Crippen molar-refractivity contribution in [2.24, 2.45) is 7.05 Å². The van der Waals surface area contributed by atoms with Crippen LogP contribution in [0.15, 0.2) is 48.7 Å². The number of hydrogen-bond donors (Lipinski definition) is 0. The van der Waals surface area contributed by atoms with Crippen molar-refractivity contribution in [3.63, 3.8) is 0 Å². The van der Waals surface area contributed by atoms with Crippen LogP contribution in [0.2, 0.25) is 0 Å². The molecule has 3 rings (SSSR count). The maximum Gasteiger partial charge on any atom is 0.437 e. The summed E-state index contributed by atoms with van der Waals surface area (Å²) in [5.41, 5.74) is 0.319. The van der Waals surface area contributed by atoms with Crippen molar-refractivity contribution in [3.8, 4) is 11.1 Å². The highest BCUT2D eigenvalue weighted by Crippen LogP contribution is 2.40. The Morgan fingerprint density at radius 2 is 1.74 bits per heavy atom. The van der Waals surface area contributed by atoms with E-state index in [1.165, 1.54) is 19.2 Å². The number of rotatable bonds is 4. The van der Waals surface area contributed by atoms with Gasteiger partial charge in [-0.1, -0.05) is 29.8 Å². The molecule has 0 bridgehead atoms. The van der Waals surface area contributed by atoms with Crippen molar-refractivity contribution in [2.75, 3.05) is 4.90 Å². The Bertz CT molecular complexity index is 978. The fourth-order valence-corrected chi connectivity index (χ4v) is 2.78. The fraction of sp³-hybridized carbons (Fsp3) is 0.158. The van der Waals surface area contributed by atoms with Crippen LogP contribution < -0.4 is 4.90 Å². The van der Waals surface area contributed by atoms with E-state index in [-0.39, 0.29) is 12.1 Å². The smallest absolute Gasteiger partial charge is 0.279 e. The lowest BCUT2D eigenvalue weighted by atomic mass is 10.0. The molecule has 3 aromatic rings. The van der Waals surface area contributed by atoms with Crippen LogP contribution >= 0.6 is 0 Å². The molecular formula is C19H15F4N3O. The van der Waals surface area contributed by atoms with Crippen molar-refractivity contribution in [3.05, 3.63) is 65.7 Å². The molecule has 0 saturated carbocycles. The zero-order chi connectivity index (χ0) is 19.8. The zero-order valence-electron chi connectivity index (χ0n) is 14.5. The van der Waals surface area contributed by atoms with Gasteiger partial charge in [-0.05, 0) is 30.7 Å². The van der Waals surface area contributed by atoms with Gasteiger partial charge in [-0.15, -0.1) is 0 Å². The van der Waals surface area contributed by atoms with Crippen LogP contribution in [-0.4, -0.2) is 16.2 Å². The normalized spacial score (nSPS) is 11.5. The topological polar surface area (TPSA) is 38.1 Å². The van der Waals surface area contributed by atoms with Gasteiger partial charge in [0.15, 0.2) is 5.69 Å². The van der Waals surface area contributed by atoms with Crippen LogP contribution in [0.25, 0.3) is 11.1 Å². The van der Waals surface area contributed by atoms with Gasteiger partial charge in [0.25, 0.3) is 0 Å². The largest absolute Gasteiger partial charge is 0.437 e. The van der Waals surface area contributed by atoms with E-state index in [1.807, 2.05) is 6.92 Å². The molecule has 0 aliphatic rings. The number of aryl methyl sites for hydroxylation is 2. The molecule has 1 heterocycles. The molecule has 0 saturated heterocycles. The highest BCUT2D eigenvalue weighted by atomic mass is 19.4. The standard InChI is InChI=1S/C19H15F4N3O/c1-12-3-5-13(6-4-12)15-9-14(20)7-8-16(15)26(11-27)17-10-25(2)24-18(17)19(21,22)23/h3-11H,1-2H3. The van der Waals surface area contributed by atoms with Gasteiger partial charge in [0.05, 0.1) is 11.4 Å². The van der Waals surface area contributed by atoms with Gasteiger partial charge in [0.2, 0.25) is 6.41 Å². The minimum atomic E-state index is -4.75. The summed E-state index contributed by atoms with van der Waals surface area (Å²) < 4.78 is 54.8. The maximum atomic E-state index is 13.9. The lowest BCUT2D eigenvalue weighted by Crippen LogP contribution is -2.19. The molecule has 0 aliphatic heterocycles. The van der Waals surface area contributed by atoms with Gasteiger partial charge >= 0.3 is 6.18 Å². The van der Waals surface area contributed by atoms with E-state index in [0.717, 1.165) is 27.4 Å². The van der Waals surface area contributed by atoms with Crippen LogP contribution in [0.3, 0.4) is 0 Å². The van der Waals surface area contributed by atoms with E-state index in [1.54, 1.807) is 24.3 Å². The minimum Gasteiger partial charge on any atom is -0.279 e. The zero-order valence-corrected chi connectivity index (χ0v) is 14.5. The Labute approximate surface area is 152 Å². The molecule has 0 fully saturated rings. The van der Waals surface area contributed by atoms with Gasteiger partial charge in [0.1, 0.15) is 5.82 Å². The molecule has 1 amide bonds. The fourth-order valence-electron chi connectivity index (χ4n) is 2.78. The first-order valence-corrected chi connectivity index (χ1v) is 7.92. The second kappa shape index (κ2) is 6.86. The lowest BCUT2D eigenvalue weighted by molar-refractivity contribution is -0.140. The molecule has 140 valence electrons. The molecule has 0 radical (unpaired) electrons. The molecule has 0 N–H and O–H groups in total. The Morgan fingerprint density at radius 3 is 2.33 bits per heavy atom. The molecule has 8 heteroatoms. The summed E-state index contributed by atoms with van der Waals surface area (Å²) in [6.07, 6.45) is -3.39. The highest BCUT2D eigenvalue weighted by molar-refractivity contribution is 5.94. The molecule has 0 aliphatic carbocycles. The second-order valence-electron chi connectivity index (χ2n) is 6.04. The first-order chi connectivity index (χ1) is 12.7. The summed E-state index contributed by atoms with van der Waals surface area (Å²) in [6, 6.07) is 10.6. The summed E-state index contributed by atoms with van der Waals surface area (Å²) in [5, 5.41) is 3.42. The van der Waals surface area contributed by atoms with E-state index in [2.05, 4.69) is 5.10 Å². The van der Waals surface area contributed by atoms with Crippen LogP contribution in [0.5, 0.6) is 0 Å². The number of benzene rings is 2. The molecule has 0 unspecified atom stereocenters. The summed E-state index contributed by atoms with van der Waals surface area (Å²) >= 11 is 0. The van der Waals surface area contributed by atoms with Crippen LogP contribution in [0.1, 0.15) is 11.3 Å². The van der Waals surface area contributed by atoms with E-state index < -0.39 is 23.4 Å². The summed E-state index contributed by atoms with van der Waals surface area (Å²) in [5.74, 6) is -0.567. The van der Waals surface area contributed by atoms with Gasteiger partial charge in [0, 0.05) is 18.8 Å². The highest BCUT2D eigenvalue weighted by Gasteiger charge is 2.39. The summed E-state index contributed by atoms with van der Waals surface area (Å²) in [6.45, 7) is 1.87. The van der Waals surface area contributed by atoms with Crippen molar-refractivity contribution < 1.29 is 22.4 Å². The summed E-state index contributed by atoms with van der Waals surface area (Å²) in [7, 11) is 1.33. The van der Waals surface area contributed by atoms with Crippen molar-refractivity contribution in [1.29, 1.82) is 0 Å². The first-order valence-electron chi connectivity index (χ1n) is 7.92. The maximum absolute atomic E-state index is 13.9. The van der Waals surface area contributed by atoms with Crippen molar-refractivity contribution >= 4 is 17.8 Å². The third-order valence-electron chi connectivity index (χ3n) is 4.02. The minimum absolute atomic E-state index is 0.119. The van der Waals surface area contributed by atoms with Crippen LogP contribution in [-0.2, 0) is 18.0 Å². The van der Waals surface area contributed by atoms with E-state index >= 15 is 0 Å². The van der Waals surface area contributed by atoms with Gasteiger partial charge < -0.3 is 0 Å². The monoisotopic (exact) mass is 377 g/mol. The quantitative estimate of drug-likeness (QED) is 0.482. The SMILES string of the molecule is Cc1ccc(-c2cc(F)ccc2N(C=O)c2cn(C)nc2C(F)(F)F)cc1. The van der Waals surface area contributed by atoms with Crippen molar-refractivity contribution in [2.45, 2.75) is 13.1 Å². The molecule has 2 aromatic carbocycles. The number of alkyl halides is 3. The Hall–Kier alpha value is -3.16. The van der Waals surface area contributed by atoms with Crippen LogP contribution in [0.4, 0.5) is 28.9 Å². The molecular weight excluding hydrogens is 362 g/mol. The van der Waals surface area contributed by atoms with E-state index in [4.69, 9.17) is 0 Å². The lowest BCUT2D eigenvalue weighted by Gasteiger charge is -2.21. The number of anilines is 2. The number of halogens is 4. The summed E-state index contributed by atoms with van der Waals surface area (Å²) in [4.78, 5) is 12.6. The molecule has 27 heavy (non-hydrogen) atoms.